The Labute approximate surface area is 126 Å². The molecule has 0 aliphatic carbocycles. The van der Waals surface area contributed by atoms with Crippen molar-refractivity contribution in [3.63, 3.8) is 0 Å². The first-order valence-electron chi connectivity index (χ1n) is 8.01. The van der Waals surface area contributed by atoms with Crippen molar-refractivity contribution in [3.8, 4) is 0 Å². The largest absolute Gasteiger partial charge is 0.395 e. The van der Waals surface area contributed by atoms with Gasteiger partial charge in [0, 0.05) is 31.2 Å². The number of carbonyl (C=O) groups is 1. The number of hydrogen-bond acceptors (Lipinski definition) is 3. The number of likely N-dealkylation sites (tertiary alicyclic amines) is 2. The molecule has 0 radical (unpaired) electrons. The number of hydrogen-bond donors (Lipinski definition) is 1. The molecule has 114 valence electrons. The van der Waals surface area contributed by atoms with Crippen molar-refractivity contribution in [2.45, 2.75) is 38.3 Å². The molecule has 1 atom stereocenters. The van der Waals surface area contributed by atoms with Gasteiger partial charge in [0.25, 0.3) is 5.91 Å². The van der Waals surface area contributed by atoms with Crippen molar-refractivity contribution in [2.24, 2.45) is 0 Å². The summed E-state index contributed by atoms with van der Waals surface area (Å²) in [6.45, 7) is 3.95. The molecule has 2 fully saturated rings. The van der Waals surface area contributed by atoms with E-state index in [0.717, 1.165) is 57.4 Å². The summed E-state index contributed by atoms with van der Waals surface area (Å²) in [7, 11) is 0. The number of aliphatic hydroxyl groups excluding tert-OH is 1. The third-order valence-electron chi connectivity index (χ3n) is 4.69. The van der Waals surface area contributed by atoms with Crippen LogP contribution in [0, 0.1) is 0 Å². The van der Waals surface area contributed by atoms with E-state index in [0.29, 0.717) is 6.04 Å². The van der Waals surface area contributed by atoms with E-state index < -0.39 is 0 Å². The monoisotopic (exact) mass is 288 g/mol. The van der Waals surface area contributed by atoms with Crippen molar-refractivity contribution in [1.82, 2.24) is 9.80 Å². The van der Waals surface area contributed by atoms with Crippen LogP contribution in [0.4, 0.5) is 0 Å². The van der Waals surface area contributed by atoms with Gasteiger partial charge in [-0.25, -0.2) is 0 Å². The molecule has 4 heteroatoms. The Hall–Kier alpha value is -1.39. The van der Waals surface area contributed by atoms with Gasteiger partial charge in [-0.15, -0.1) is 0 Å². The molecule has 1 amide bonds. The van der Waals surface area contributed by atoms with E-state index in [1.54, 1.807) is 0 Å². The van der Waals surface area contributed by atoms with E-state index in [9.17, 15) is 9.90 Å². The zero-order valence-corrected chi connectivity index (χ0v) is 12.5. The lowest BCUT2D eigenvalue weighted by Gasteiger charge is -2.22. The van der Waals surface area contributed by atoms with Gasteiger partial charge in [0.05, 0.1) is 6.61 Å². The number of amides is 1. The minimum atomic E-state index is 0.161. The van der Waals surface area contributed by atoms with Crippen LogP contribution in [0.25, 0.3) is 0 Å². The van der Waals surface area contributed by atoms with Gasteiger partial charge in [-0.3, -0.25) is 9.69 Å². The maximum atomic E-state index is 12.3. The van der Waals surface area contributed by atoms with Gasteiger partial charge in [-0.05, 0) is 49.9 Å². The summed E-state index contributed by atoms with van der Waals surface area (Å²) in [4.78, 5) is 16.6. The van der Waals surface area contributed by atoms with Crippen LogP contribution in [0.2, 0.25) is 0 Å². The van der Waals surface area contributed by atoms with Gasteiger partial charge in [0.2, 0.25) is 0 Å². The van der Waals surface area contributed by atoms with Gasteiger partial charge >= 0.3 is 0 Å². The standard InChI is InChI=1S/C17H24N2O2/c20-13-16-4-3-11-19(16)12-14-5-7-15(8-6-14)17(21)18-9-1-2-10-18/h5-8,16,20H,1-4,9-13H2/t16-/m1/s1. The van der Waals surface area contributed by atoms with Crippen LogP contribution in [0.3, 0.4) is 0 Å². The molecular formula is C17H24N2O2. The summed E-state index contributed by atoms with van der Waals surface area (Å²) >= 11 is 0. The normalized spacial score (nSPS) is 22.9. The summed E-state index contributed by atoms with van der Waals surface area (Å²) in [5.74, 6) is 0.161. The Kier molecular flexibility index (Phi) is 4.56. The predicted octanol–water partition coefficient (Wildman–Crippen LogP) is 1.88. The smallest absolute Gasteiger partial charge is 0.253 e. The van der Waals surface area contributed by atoms with Crippen LogP contribution in [-0.4, -0.2) is 53.1 Å². The van der Waals surface area contributed by atoms with Crippen LogP contribution in [0.5, 0.6) is 0 Å². The second-order valence-corrected chi connectivity index (χ2v) is 6.15. The van der Waals surface area contributed by atoms with Gasteiger partial charge in [0.15, 0.2) is 0 Å². The van der Waals surface area contributed by atoms with Crippen LogP contribution < -0.4 is 0 Å². The van der Waals surface area contributed by atoms with Crippen molar-refractivity contribution < 1.29 is 9.90 Å². The molecule has 2 aliphatic heterocycles. The minimum Gasteiger partial charge on any atom is -0.395 e. The quantitative estimate of drug-likeness (QED) is 0.920. The van der Waals surface area contributed by atoms with E-state index in [2.05, 4.69) is 17.0 Å². The molecule has 2 saturated heterocycles. The number of nitrogens with zero attached hydrogens (tertiary/aromatic N) is 2. The fraction of sp³-hybridized carbons (Fsp3) is 0.588. The molecule has 0 aromatic heterocycles. The molecule has 0 bridgehead atoms. The van der Waals surface area contributed by atoms with Crippen molar-refractivity contribution >= 4 is 5.91 Å². The maximum absolute atomic E-state index is 12.3. The summed E-state index contributed by atoms with van der Waals surface area (Å²) in [5, 5.41) is 9.36. The Morgan fingerprint density at radius 1 is 1.10 bits per heavy atom. The van der Waals surface area contributed by atoms with Crippen LogP contribution in [0.15, 0.2) is 24.3 Å². The van der Waals surface area contributed by atoms with Crippen LogP contribution in [-0.2, 0) is 6.54 Å². The van der Waals surface area contributed by atoms with E-state index in [4.69, 9.17) is 0 Å². The molecule has 0 spiro atoms. The molecule has 1 N–H and O–H groups in total. The molecule has 3 rings (SSSR count). The van der Waals surface area contributed by atoms with Gasteiger partial charge in [-0.2, -0.15) is 0 Å². The average Bonchev–Trinajstić information content (AvgIpc) is 3.18. The summed E-state index contributed by atoms with van der Waals surface area (Å²) in [6.07, 6.45) is 4.50. The highest BCUT2D eigenvalue weighted by atomic mass is 16.3. The molecule has 2 heterocycles. The lowest BCUT2D eigenvalue weighted by atomic mass is 10.1. The fourth-order valence-electron chi connectivity index (χ4n) is 3.40. The molecule has 0 unspecified atom stereocenters. The Morgan fingerprint density at radius 2 is 1.81 bits per heavy atom. The Morgan fingerprint density at radius 3 is 2.48 bits per heavy atom. The highest BCUT2D eigenvalue weighted by Gasteiger charge is 2.24. The molecule has 4 nitrogen and oxygen atoms in total. The second kappa shape index (κ2) is 6.58. The zero-order valence-electron chi connectivity index (χ0n) is 12.5. The number of carbonyl (C=O) groups excluding carboxylic acids is 1. The summed E-state index contributed by atoms with van der Waals surface area (Å²) < 4.78 is 0. The Balaban J connectivity index is 1.62. The van der Waals surface area contributed by atoms with Crippen LogP contribution in [0.1, 0.15) is 41.6 Å². The van der Waals surface area contributed by atoms with E-state index in [1.807, 2.05) is 17.0 Å². The SMILES string of the molecule is O=C(c1ccc(CN2CCC[C@@H]2CO)cc1)N1CCCC1. The fourth-order valence-corrected chi connectivity index (χ4v) is 3.40. The second-order valence-electron chi connectivity index (χ2n) is 6.15. The molecule has 21 heavy (non-hydrogen) atoms. The highest BCUT2D eigenvalue weighted by molar-refractivity contribution is 5.94. The lowest BCUT2D eigenvalue weighted by Crippen LogP contribution is -2.31. The third-order valence-corrected chi connectivity index (χ3v) is 4.69. The number of benzene rings is 1. The first-order valence-corrected chi connectivity index (χ1v) is 8.01. The van der Waals surface area contributed by atoms with Gasteiger partial charge < -0.3 is 10.0 Å². The van der Waals surface area contributed by atoms with Gasteiger partial charge in [-0.1, -0.05) is 12.1 Å². The summed E-state index contributed by atoms with van der Waals surface area (Å²) in [5.41, 5.74) is 2.01. The van der Waals surface area contributed by atoms with E-state index in [1.165, 1.54) is 5.56 Å². The molecule has 0 saturated carbocycles. The minimum absolute atomic E-state index is 0.161. The zero-order chi connectivity index (χ0) is 14.7. The lowest BCUT2D eigenvalue weighted by molar-refractivity contribution is 0.0793. The van der Waals surface area contributed by atoms with E-state index >= 15 is 0 Å². The number of aliphatic hydroxyl groups is 1. The molecule has 1 aromatic rings. The predicted molar refractivity (Wildman–Crippen MR) is 82.1 cm³/mol. The molecular weight excluding hydrogens is 264 g/mol. The maximum Gasteiger partial charge on any atom is 0.253 e. The molecule has 1 aromatic carbocycles. The van der Waals surface area contributed by atoms with E-state index in [-0.39, 0.29) is 12.5 Å². The number of rotatable bonds is 4. The highest BCUT2D eigenvalue weighted by Crippen LogP contribution is 2.20. The average molecular weight is 288 g/mol. The van der Waals surface area contributed by atoms with Crippen molar-refractivity contribution in [1.29, 1.82) is 0 Å². The first-order chi connectivity index (χ1) is 10.3. The first kappa shape index (κ1) is 14.5. The van der Waals surface area contributed by atoms with Crippen LogP contribution >= 0.6 is 0 Å². The van der Waals surface area contributed by atoms with Gasteiger partial charge in [0.1, 0.15) is 0 Å². The van der Waals surface area contributed by atoms with Crippen molar-refractivity contribution in [3.05, 3.63) is 35.4 Å². The topological polar surface area (TPSA) is 43.8 Å². The Bertz CT molecular complexity index is 480. The molecule has 2 aliphatic rings. The third kappa shape index (κ3) is 3.27. The summed E-state index contributed by atoms with van der Waals surface area (Å²) in [6, 6.07) is 8.29. The van der Waals surface area contributed by atoms with Crippen molar-refractivity contribution in [2.75, 3.05) is 26.2 Å².